The molecule has 1 unspecified atom stereocenters. The normalized spacial score (nSPS) is 15.5. The minimum absolute atomic E-state index is 0.0356. The smallest absolute Gasteiger partial charge is 0.314 e. The highest BCUT2D eigenvalue weighted by atomic mass is 16.2. The van der Waals surface area contributed by atoms with Crippen LogP contribution >= 0.6 is 0 Å². The van der Waals surface area contributed by atoms with Gasteiger partial charge >= 0.3 is 6.03 Å². The van der Waals surface area contributed by atoms with Crippen LogP contribution in [0.25, 0.3) is 0 Å². The number of likely N-dealkylation sites (tertiary alicyclic amines) is 1. The zero-order valence-electron chi connectivity index (χ0n) is 32.0. The first-order valence-corrected chi connectivity index (χ1v) is 19.2. The van der Waals surface area contributed by atoms with E-state index in [0.29, 0.717) is 77.5 Å². The van der Waals surface area contributed by atoms with Gasteiger partial charge in [-0.1, -0.05) is 81.4 Å². The number of aryl methyl sites for hydroxylation is 1. The van der Waals surface area contributed by atoms with E-state index in [0.717, 1.165) is 11.1 Å². The number of nitrogens with zero attached hydrogens (tertiary/aromatic N) is 1. The molecular formula is C40H62N8O5. The van der Waals surface area contributed by atoms with Crippen molar-refractivity contribution < 1.29 is 24.0 Å². The van der Waals surface area contributed by atoms with E-state index in [-0.39, 0.29) is 42.3 Å². The number of hydrogen-bond donors (Lipinski definition) is 7. The highest BCUT2D eigenvalue weighted by Crippen LogP contribution is 2.16. The molecule has 3 rings (SSSR count). The van der Waals surface area contributed by atoms with Crippen LogP contribution in [0.3, 0.4) is 0 Å². The van der Waals surface area contributed by atoms with Crippen molar-refractivity contribution in [3.8, 4) is 0 Å². The molecule has 13 heteroatoms. The van der Waals surface area contributed by atoms with Gasteiger partial charge in [-0.25, -0.2) is 4.79 Å². The molecule has 53 heavy (non-hydrogen) atoms. The first kappa shape index (κ1) is 42.9. The van der Waals surface area contributed by atoms with E-state index >= 15 is 0 Å². The topological polar surface area (TPSA) is 187 Å². The molecule has 2 aromatic carbocycles. The molecule has 4 atom stereocenters. The molecule has 1 fully saturated rings. The number of benzene rings is 2. The number of carbonyl (C=O) groups excluding carboxylic acids is 5. The molecule has 0 aromatic heterocycles. The molecule has 1 saturated heterocycles. The summed E-state index contributed by atoms with van der Waals surface area (Å²) in [7, 11) is 1.56. The van der Waals surface area contributed by atoms with Crippen LogP contribution in [-0.4, -0.2) is 98.5 Å². The predicted molar refractivity (Wildman–Crippen MR) is 208 cm³/mol. The lowest BCUT2D eigenvalue weighted by Gasteiger charge is -2.35. The summed E-state index contributed by atoms with van der Waals surface area (Å²) in [5.41, 5.74) is 7.94. The van der Waals surface area contributed by atoms with Gasteiger partial charge in [0.2, 0.25) is 23.6 Å². The molecule has 1 aliphatic rings. The Kier molecular flexibility index (Phi) is 18.8. The Morgan fingerprint density at radius 3 is 2.04 bits per heavy atom. The third-order valence-electron chi connectivity index (χ3n) is 9.59. The molecule has 0 bridgehead atoms. The maximum Gasteiger partial charge on any atom is 0.314 e. The molecule has 13 nitrogen and oxygen atoms in total. The van der Waals surface area contributed by atoms with Crippen LogP contribution in [-0.2, 0) is 25.6 Å². The van der Waals surface area contributed by atoms with Crippen LogP contribution in [0.2, 0.25) is 0 Å². The van der Waals surface area contributed by atoms with Crippen LogP contribution in [0.15, 0.2) is 60.7 Å². The van der Waals surface area contributed by atoms with Crippen molar-refractivity contribution >= 4 is 29.7 Å². The Morgan fingerprint density at radius 2 is 1.42 bits per heavy atom. The monoisotopic (exact) mass is 734 g/mol. The van der Waals surface area contributed by atoms with Crippen molar-refractivity contribution in [2.24, 2.45) is 11.7 Å². The Hall–Kier alpha value is -4.49. The second-order valence-corrected chi connectivity index (χ2v) is 14.4. The zero-order valence-corrected chi connectivity index (χ0v) is 32.0. The Bertz CT molecular complexity index is 1420. The van der Waals surface area contributed by atoms with Gasteiger partial charge in [-0.15, -0.1) is 0 Å². The highest BCUT2D eigenvalue weighted by Gasteiger charge is 2.33. The van der Waals surface area contributed by atoms with Gasteiger partial charge in [0.15, 0.2) is 0 Å². The summed E-state index contributed by atoms with van der Waals surface area (Å²) in [4.78, 5) is 68.3. The van der Waals surface area contributed by atoms with Gasteiger partial charge in [0.05, 0.1) is 6.54 Å². The van der Waals surface area contributed by atoms with Crippen LogP contribution in [0.4, 0.5) is 4.79 Å². The number of nitrogens with two attached hydrogens (primary N) is 1. The van der Waals surface area contributed by atoms with Gasteiger partial charge in [0, 0.05) is 32.7 Å². The molecule has 1 aliphatic heterocycles. The molecular weight excluding hydrogens is 672 g/mol. The van der Waals surface area contributed by atoms with Crippen molar-refractivity contribution in [3.05, 3.63) is 71.8 Å². The van der Waals surface area contributed by atoms with Gasteiger partial charge in [0.1, 0.15) is 18.1 Å². The minimum atomic E-state index is -0.921. The van der Waals surface area contributed by atoms with Crippen LogP contribution < -0.4 is 37.6 Å². The maximum absolute atomic E-state index is 13.9. The number of carbonyl (C=O) groups is 5. The number of urea groups is 1. The quantitative estimate of drug-likeness (QED) is 0.0961. The zero-order chi connectivity index (χ0) is 38.6. The number of unbranched alkanes of at least 4 members (excludes halogenated alkanes) is 1. The third-order valence-corrected chi connectivity index (χ3v) is 9.59. The fraction of sp³-hybridized carbons (Fsp3) is 0.575. The van der Waals surface area contributed by atoms with E-state index in [1.54, 1.807) is 11.9 Å². The molecule has 8 N–H and O–H groups in total. The van der Waals surface area contributed by atoms with Crippen molar-refractivity contribution in [1.82, 2.24) is 36.8 Å². The lowest BCUT2D eigenvalue weighted by molar-refractivity contribution is -0.138. The summed E-state index contributed by atoms with van der Waals surface area (Å²) in [6.07, 6.45) is 4.19. The Balaban J connectivity index is 1.68. The molecule has 2 aromatic rings. The van der Waals surface area contributed by atoms with E-state index in [2.05, 4.69) is 51.0 Å². The van der Waals surface area contributed by atoms with Gasteiger partial charge < -0.3 is 42.5 Å². The van der Waals surface area contributed by atoms with Crippen molar-refractivity contribution in [2.45, 2.75) is 102 Å². The average Bonchev–Trinajstić information content (AvgIpc) is 3.16. The van der Waals surface area contributed by atoms with Gasteiger partial charge in [0.25, 0.3) is 0 Å². The first-order valence-electron chi connectivity index (χ1n) is 19.2. The average molecular weight is 735 g/mol. The molecule has 6 amide bonds. The Morgan fingerprint density at radius 1 is 0.792 bits per heavy atom. The van der Waals surface area contributed by atoms with E-state index in [1.165, 1.54) is 0 Å². The Labute approximate surface area is 315 Å². The molecule has 0 saturated carbocycles. The molecule has 0 radical (unpaired) electrons. The van der Waals surface area contributed by atoms with E-state index in [1.807, 2.05) is 62.4 Å². The molecule has 1 heterocycles. The fourth-order valence-corrected chi connectivity index (χ4v) is 6.49. The summed E-state index contributed by atoms with van der Waals surface area (Å²) in [6, 6.07) is 16.9. The van der Waals surface area contributed by atoms with Crippen molar-refractivity contribution in [3.63, 3.8) is 0 Å². The maximum atomic E-state index is 13.9. The summed E-state index contributed by atoms with van der Waals surface area (Å²) < 4.78 is 0. The summed E-state index contributed by atoms with van der Waals surface area (Å²) >= 11 is 0. The summed E-state index contributed by atoms with van der Waals surface area (Å²) in [5.74, 6) is -1.16. The molecule has 292 valence electrons. The van der Waals surface area contributed by atoms with Crippen molar-refractivity contribution in [2.75, 3.05) is 39.8 Å². The highest BCUT2D eigenvalue weighted by molar-refractivity contribution is 5.94. The molecule has 0 aliphatic carbocycles. The third kappa shape index (κ3) is 15.6. The van der Waals surface area contributed by atoms with Gasteiger partial charge in [-0.05, 0) is 80.9 Å². The lowest BCUT2D eigenvalue weighted by atomic mass is 9.99. The minimum Gasteiger partial charge on any atom is -0.343 e. The van der Waals surface area contributed by atoms with Gasteiger partial charge in [-0.3, -0.25) is 19.2 Å². The fourth-order valence-electron chi connectivity index (χ4n) is 6.49. The number of piperidine rings is 1. The van der Waals surface area contributed by atoms with E-state index < -0.39 is 29.9 Å². The van der Waals surface area contributed by atoms with Crippen LogP contribution in [0, 0.1) is 5.92 Å². The van der Waals surface area contributed by atoms with E-state index in [9.17, 15) is 24.0 Å². The van der Waals surface area contributed by atoms with Gasteiger partial charge in [-0.2, -0.15) is 0 Å². The first-order chi connectivity index (χ1) is 25.5. The SMILES string of the molecule is CNC(=O)NC1CCN(C(=O)C(CCCCN)NC(=O)[C@@H](CC(C)C)NC(=O)[C@@H](CCc2ccccc2)NC(=O)CNC[C@H](C)c2ccccc2)CC1. The lowest BCUT2D eigenvalue weighted by Crippen LogP contribution is -2.58. The largest absolute Gasteiger partial charge is 0.343 e. The number of amides is 6. The van der Waals surface area contributed by atoms with Crippen LogP contribution in [0.5, 0.6) is 0 Å². The van der Waals surface area contributed by atoms with E-state index in [4.69, 9.17) is 5.73 Å². The summed E-state index contributed by atoms with van der Waals surface area (Å²) in [6.45, 7) is 8.00. The van der Waals surface area contributed by atoms with Crippen LogP contribution in [0.1, 0.15) is 82.8 Å². The predicted octanol–water partition coefficient (Wildman–Crippen LogP) is 2.56. The second-order valence-electron chi connectivity index (χ2n) is 14.4. The molecule has 0 spiro atoms. The van der Waals surface area contributed by atoms with Crippen molar-refractivity contribution in [1.29, 1.82) is 0 Å². The standard InChI is InChI=1S/C40H62N8O5/c1-28(2)25-35(38(51)46-34(17-11-12-22-41)39(52)48-23-20-32(21-24-48)44-40(53)42-4)47-37(50)33(19-18-30-13-7-5-8-14-30)45-36(49)27-43-26-29(3)31-15-9-6-10-16-31/h5-10,13-16,28-29,32-35,43H,11-12,17-27,41H2,1-4H3,(H,45,49)(H,46,51)(H,47,50)(H2,42,44,53)/t29-,33+,34?,35+/m0/s1. The number of rotatable bonds is 21. The number of nitrogens with one attached hydrogen (secondary N) is 6. The number of hydrogen-bond acceptors (Lipinski definition) is 7. The summed E-state index contributed by atoms with van der Waals surface area (Å²) in [5, 5.41) is 17.5. The second kappa shape index (κ2) is 23.2.